The number of ether oxygens (including phenoxy) is 1. The van der Waals surface area contributed by atoms with Gasteiger partial charge in [0.15, 0.2) is 5.96 Å². The van der Waals surface area contributed by atoms with Crippen molar-refractivity contribution in [1.29, 1.82) is 0 Å². The number of nitrogens with two attached hydrogens (primary N) is 2. The van der Waals surface area contributed by atoms with Gasteiger partial charge >= 0.3 is 13.7 Å². The molecule has 0 spiro atoms. The number of carbonyl (C=O) groups is 1. The molecule has 0 bridgehead atoms. The van der Waals surface area contributed by atoms with Gasteiger partial charge in [-0.15, -0.1) is 0 Å². The molecule has 0 radical (unpaired) electrons. The first-order valence-electron chi connectivity index (χ1n) is 8.82. The van der Waals surface area contributed by atoms with E-state index in [9.17, 15) is 9.36 Å². The maximum atomic E-state index is 13.1. The van der Waals surface area contributed by atoms with E-state index in [4.69, 9.17) is 25.3 Å². The molecule has 9 nitrogen and oxygen atoms in total. The van der Waals surface area contributed by atoms with Crippen LogP contribution in [0.25, 0.3) is 0 Å². The van der Waals surface area contributed by atoms with Gasteiger partial charge in [0.1, 0.15) is 12.4 Å². The van der Waals surface area contributed by atoms with Gasteiger partial charge in [-0.2, -0.15) is 0 Å². The molecule has 27 heavy (non-hydrogen) atoms. The normalized spacial score (nSPS) is 12.2. The number of benzene rings is 1. The summed E-state index contributed by atoms with van der Waals surface area (Å²) in [7, 11) is -3.57. The zero-order valence-electron chi connectivity index (χ0n) is 15.8. The molecular formula is C17H29N4O5P. The molecule has 0 aromatic heterocycles. The Balaban J connectivity index is 2.74. The molecule has 152 valence electrons. The lowest BCUT2D eigenvalue weighted by Crippen LogP contribution is -2.36. The van der Waals surface area contributed by atoms with Crippen molar-refractivity contribution in [2.75, 3.05) is 19.8 Å². The molecule has 1 unspecified atom stereocenters. The molecule has 1 aromatic carbocycles. The van der Waals surface area contributed by atoms with Crippen molar-refractivity contribution in [2.45, 2.75) is 39.1 Å². The maximum Gasteiger partial charge on any atom is 0.408 e. The van der Waals surface area contributed by atoms with Crippen molar-refractivity contribution in [3.8, 4) is 0 Å². The minimum Gasteiger partial charge on any atom is -0.445 e. The summed E-state index contributed by atoms with van der Waals surface area (Å²) < 4.78 is 29.0. The van der Waals surface area contributed by atoms with E-state index in [-0.39, 0.29) is 25.8 Å². The number of alkyl carbamates (subject to hydrolysis) is 1. The summed E-state index contributed by atoms with van der Waals surface area (Å²) in [5.41, 5.74) is 11.4. The molecule has 0 saturated heterocycles. The number of rotatable bonds is 12. The number of nitrogens with one attached hydrogen (secondary N) is 1. The largest absolute Gasteiger partial charge is 0.445 e. The smallest absolute Gasteiger partial charge is 0.408 e. The third-order valence-electron chi connectivity index (χ3n) is 3.43. The molecule has 1 aromatic rings. The summed E-state index contributed by atoms with van der Waals surface area (Å²) in [4.78, 5) is 16.1. The fourth-order valence-corrected chi connectivity index (χ4v) is 4.20. The molecule has 5 N–H and O–H groups in total. The number of guanidine groups is 1. The van der Waals surface area contributed by atoms with E-state index < -0.39 is 19.5 Å². The maximum absolute atomic E-state index is 13.1. The van der Waals surface area contributed by atoms with Gasteiger partial charge in [0, 0.05) is 6.54 Å². The highest BCUT2D eigenvalue weighted by atomic mass is 31.2. The molecule has 0 fully saturated rings. The minimum atomic E-state index is -3.57. The number of aliphatic imine (C=N–C) groups is 1. The average molecular weight is 400 g/mol. The molecule has 1 amide bonds. The predicted octanol–water partition coefficient (Wildman–Crippen LogP) is 2.56. The number of carbonyl (C=O) groups excluding carboxylic acids is 1. The third kappa shape index (κ3) is 8.90. The van der Waals surface area contributed by atoms with Gasteiger partial charge in [0.25, 0.3) is 0 Å². The van der Waals surface area contributed by atoms with Crippen LogP contribution in [0.15, 0.2) is 35.3 Å². The minimum absolute atomic E-state index is 0.0282. The van der Waals surface area contributed by atoms with Crippen molar-refractivity contribution < 1.29 is 23.1 Å². The highest BCUT2D eigenvalue weighted by Gasteiger charge is 2.36. The Morgan fingerprint density at radius 1 is 1.19 bits per heavy atom. The highest BCUT2D eigenvalue weighted by Crippen LogP contribution is 2.53. The van der Waals surface area contributed by atoms with Crippen LogP contribution in [0.5, 0.6) is 0 Å². The van der Waals surface area contributed by atoms with Crippen LogP contribution in [0.3, 0.4) is 0 Å². The zero-order valence-corrected chi connectivity index (χ0v) is 16.7. The van der Waals surface area contributed by atoms with Crippen molar-refractivity contribution in [2.24, 2.45) is 16.5 Å². The third-order valence-corrected chi connectivity index (χ3v) is 5.81. The molecule has 1 atom stereocenters. The Bertz CT molecular complexity index is 627. The Labute approximate surface area is 160 Å². The molecule has 1 rings (SSSR count). The number of hydrogen-bond acceptors (Lipinski definition) is 6. The second kappa shape index (κ2) is 12.3. The Morgan fingerprint density at radius 3 is 2.37 bits per heavy atom. The van der Waals surface area contributed by atoms with Gasteiger partial charge in [-0.3, -0.25) is 9.56 Å². The quantitative estimate of drug-likeness (QED) is 0.212. The number of nitrogens with zero attached hydrogens (tertiary/aromatic N) is 1. The summed E-state index contributed by atoms with van der Waals surface area (Å²) in [5.74, 6) is -0.894. The van der Waals surface area contributed by atoms with Crippen LogP contribution in [-0.4, -0.2) is 37.6 Å². The van der Waals surface area contributed by atoms with Crippen LogP contribution < -0.4 is 16.8 Å². The molecule has 0 heterocycles. The molecule has 10 heteroatoms. The summed E-state index contributed by atoms with van der Waals surface area (Å²) >= 11 is 0. The summed E-state index contributed by atoms with van der Waals surface area (Å²) in [6, 6.07) is 9.25. The predicted molar refractivity (Wildman–Crippen MR) is 104 cm³/mol. The number of amides is 1. The van der Waals surface area contributed by atoms with E-state index in [0.717, 1.165) is 5.56 Å². The number of hydrogen-bond donors (Lipinski definition) is 3. The lowest BCUT2D eigenvalue weighted by molar-refractivity contribution is 0.134. The Hall–Kier alpha value is -2.09. The second-order valence-electron chi connectivity index (χ2n) is 5.55. The lowest BCUT2D eigenvalue weighted by atomic mass is 10.2. The Morgan fingerprint density at radius 2 is 1.81 bits per heavy atom. The standard InChI is InChI=1S/C17H29N4O5P/c1-3-25-27(23,26-4-2)15(11-8-12-20-16(18)19)21-17(22)24-13-14-9-6-5-7-10-14/h5-7,9-10,15H,3-4,8,11-13H2,1-2H3,(H,21,22)(H4,18,19,20). The van der Waals surface area contributed by atoms with E-state index >= 15 is 0 Å². The van der Waals surface area contributed by atoms with Gasteiger partial charge in [0.05, 0.1) is 13.2 Å². The van der Waals surface area contributed by atoms with Gasteiger partial charge in [0.2, 0.25) is 0 Å². The first-order valence-corrected chi connectivity index (χ1v) is 10.4. The van der Waals surface area contributed by atoms with Crippen LogP contribution in [0.4, 0.5) is 4.79 Å². The molecular weight excluding hydrogens is 371 g/mol. The summed E-state index contributed by atoms with van der Waals surface area (Å²) in [6.07, 6.45) is 0.0745. The van der Waals surface area contributed by atoms with Crippen molar-refractivity contribution >= 4 is 19.6 Å². The average Bonchev–Trinajstić information content (AvgIpc) is 2.63. The van der Waals surface area contributed by atoms with Gasteiger partial charge < -0.3 is 30.6 Å². The monoisotopic (exact) mass is 400 g/mol. The first kappa shape index (κ1) is 23.0. The van der Waals surface area contributed by atoms with Crippen LogP contribution in [-0.2, 0) is 25.0 Å². The highest BCUT2D eigenvalue weighted by molar-refractivity contribution is 7.54. The SMILES string of the molecule is CCOP(=O)(OCC)C(CCCN=C(N)N)NC(=O)OCc1ccccc1. The lowest BCUT2D eigenvalue weighted by Gasteiger charge is -2.26. The van der Waals surface area contributed by atoms with Crippen LogP contribution in [0.1, 0.15) is 32.3 Å². The summed E-state index contributed by atoms with van der Waals surface area (Å²) in [6.45, 7) is 4.20. The van der Waals surface area contributed by atoms with E-state index in [1.165, 1.54) is 0 Å². The van der Waals surface area contributed by atoms with E-state index in [0.29, 0.717) is 19.4 Å². The molecule has 0 aliphatic heterocycles. The van der Waals surface area contributed by atoms with Crippen molar-refractivity contribution in [3.63, 3.8) is 0 Å². The fraction of sp³-hybridized carbons (Fsp3) is 0.529. The molecule has 0 saturated carbocycles. The van der Waals surface area contributed by atoms with Gasteiger partial charge in [-0.1, -0.05) is 30.3 Å². The molecule has 0 aliphatic carbocycles. The van der Waals surface area contributed by atoms with Crippen LogP contribution in [0.2, 0.25) is 0 Å². The van der Waals surface area contributed by atoms with E-state index in [2.05, 4.69) is 10.3 Å². The fourth-order valence-electron chi connectivity index (χ4n) is 2.28. The van der Waals surface area contributed by atoms with Crippen LogP contribution in [0, 0.1) is 0 Å². The zero-order chi connectivity index (χ0) is 20.1. The summed E-state index contributed by atoms with van der Waals surface area (Å²) in [5, 5.41) is 2.60. The van der Waals surface area contributed by atoms with E-state index in [1.54, 1.807) is 13.8 Å². The van der Waals surface area contributed by atoms with Gasteiger partial charge in [-0.05, 0) is 32.3 Å². The second-order valence-corrected chi connectivity index (χ2v) is 7.77. The van der Waals surface area contributed by atoms with Crippen molar-refractivity contribution in [1.82, 2.24) is 5.32 Å². The van der Waals surface area contributed by atoms with E-state index in [1.807, 2.05) is 30.3 Å². The van der Waals surface area contributed by atoms with Gasteiger partial charge in [-0.25, -0.2) is 4.79 Å². The van der Waals surface area contributed by atoms with Crippen LogP contribution >= 0.6 is 7.60 Å². The molecule has 0 aliphatic rings. The topological polar surface area (TPSA) is 138 Å². The van der Waals surface area contributed by atoms with Crippen molar-refractivity contribution in [3.05, 3.63) is 35.9 Å². The first-order chi connectivity index (χ1) is 12.9. The Kier molecular flexibility index (Phi) is 10.5.